The molecule has 1 heterocycles. The Kier molecular flexibility index (Phi) is 5.06. The molecule has 0 fully saturated rings. The molecular weight excluding hydrogens is 236 g/mol. The van der Waals surface area contributed by atoms with Gasteiger partial charge in [-0.25, -0.2) is 0 Å². The van der Waals surface area contributed by atoms with Crippen LogP contribution in [-0.4, -0.2) is 41.9 Å². The number of aliphatic hydroxyl groups is 1. The van der Waals surface area contributed by atoms with Crippen molar-refractivity contribution in [1.82, 2.24) is 10.3 Å². The summed E-state index contributed by atoms with van der Waals surface area (Å²) >= 11 is 0. The molecule has 0 bridgehead atoms. The van der Waals surface area contributed by atoms with Gasteiger partial charge >= 0.3 is 0 Å². The number of hydrogen-bond acceptors (Lipinski definition) is 4. The lowest BCUT2D eigenvalue weighted by molar-refractivity contribution is 0.0243. The number of H-pyrrole nitrogens is 1. The maximum atomic E-state index is 11.7. The van der Waals surface area contributed by atoms with Crippen LogP contribution in [0.4, 0.5) is 0 Å². The van der Waals surface area contributed by atoms with Gasteiger partial charge in [-0.1, -0.05) is 0 Å². The van der Waals surface area contributed by atoms with Crippen LogP contribution in [0.5, 0.6) is 0 Å². The van der Waals surface area contributed by atoms with Gasteiger partial charge in [0.2, 0.25) is 5.56 Å². The predicted octanol–water partition coefficient (Wildman–Crippen LogP) is -0.108. The molecule has 1 unspecified atom stereocenters. The quantitative estimate of drug-likeness (QED) is 0.660. The highest BCUT2D eigenvalue weighted by atomic mass is 16.5. The summed E-state index contributed by atoms with van der Waals surface area (Å²) in [6.45, 7) is 2.16. The predicted molar refractivity (Wildman–Crippen MR) is 66.5 cm³/mol. The highest BCUT2D eigenvalue weighted by molar-refractivity contribution is 5.93. The third-order valence-electron chi connectivity index (χ3n) is 2.52. The van der Waals surface area contributed by atoms with Crippen molar-refractivity contribution in [1.29, 1.82) is 0 Å². The standard InChI is InChI=1S/C12H18N2O4/c1-12(17,5-6-18-2)8-14-11(16)9-3-4-10(15)13-7-9/h3-4,7,17H,5-6,8H2,1-2H3,(H,13,15)(H,14,16). The van der Waals surface area contributed by atoms with Crippen LogP contribution in [0, 0.1) is 0 Å². The molecule has 0 spiro atoms. The molecule has 0 aromatic carbocycles. The molecule has 0 aliphatic rings. The third kappa shape index (κ3) is 4.68. The lowest BCUT2D eigenvalue weighted by Crippen LogP contribution is -2.41. The molecule has 6 heteroatoms. The van der Waals surface area contributed by atoms with E-state index in [1.165, 1.54) is 18.3 Å². The summed E-state index contributed by atoms with van der Waals surface area (Å²) in [6, 6.07) is 2.70. The summed E-state index contributed by atoms with van der Waals surface area (Å²) < 4.78 is 4.87. The molecular formula is C12H18N2O4. The summed E-state index contributed by atoms with van der Waals surface area (Å²) in [5.74, 6) is -0.344. The minimum Gasteiger partial charge on any atom is -0.388 e. The number of ether oxygens (including phenoxy) is 1. The van der Waals surface area contributed by atoms with Crippen molar-refractivity contribution in [2.45, 2.75) is 18.9 Å². The van der Waals surface area contributed by atoms with Crippen molar-refractivity contribution in [3.05, 3.63) is 34.2 Å². The van der Waals surface area contributed by atoms with E-state index in [1.54, 1.807) is 14.0 Å². The van der Waals surface area contributed by atoms with Crippen molar-refractivity contribution in [3.63, 3.8) is 0 Å². The topological polar surface area (TPSA) is 91.4 Å². The van der Waals surface area contributed by atoms with E-state index >= 15 is 0 Å². The van der Waals surface area contributed by atoms with Gasteiger partial charge in [0.05, 0.1) is 11.2 Å². The Labute approximate surface area is 105 Å². The highest BCUT2D eigenvalue weighted by Gasteiger charge is 2.21. The number of rotatable bonds is 6. The second-order valence-corrected chi connectivity index (χ2v) is 4.36. The fourth-order valence-corrected chi connectivity index (χ4v) is 1.33. The van der Waals surface area contributed by atoms with Crippen LogP contribution in [0.15, 0.2) is 23.1 Å². The molecule has 0 saturated carbocycles. The van der Waals surface area contributed by atoms with Gasteiger partial charge in [0, 0.05) is 38.9 Å². The molecule has 3 N–H and O–H groups in total. The van der Waals surface area contributed by atoms with Gasteiger partial charge < -0.3 is 20.1 Å². The van der Waals surface area contributed by atoms with Gasteiger partial charge in [-0.05, 0) is 13.0 Å². The number of nitrogens with one attached hydrogen (secondary N) is 2. The van der Waals surface area contributed by atoms with Crippen LogP contribution in [0.2, 0.25) is 0 Å². The minimum atomic E-state index is -1.02. The smallest absolute Gasteiger partial charge is 0.252 e. The maximum Gasteiger partial charge on any atom is 0.252 e. The molecule has 0 aliphatic heterocycles. The second kappa shape index (κ2) is 6.32. The number of aromatic amines is 1. The van der Waals surface area contributed by atoms with E-state index in [9.17, 15) is 14.7 Å². The number of pyridine rings is 1. The van der Waals surface area contributed by atoms with Gasteiger partial charge in [-0.3, -0.25) is 9.59 Å². The number of carbonyl (C=O) groups is 1. The SMILES string of the molecule is COCCC(C)(O)CNC(=O)c1ccc(=O)[nH]c1. The third-order valence-corrected chi connectivity index (χ3v) is 2.52. The van der Waals surface area contributed by atoms with Crippen LogP contribution < -0.4 is 10.9 Å². The lowest BCUT2D eigenvalue weighted by Gasteiger charge is -2.23. The molecule has 1 amide bonds. The molecule has 0 aliphatic carbocycles. The van der Waals surface area contributed by atoms with Crippen molar-refractivity contribution in [3.8, 4) is 0 Å². The lowest BCUT2D eigenvalue weighted by atomic mass is 10.0. The zero-order chi connectivity index (χ0) is 13.6. The first-order chi connectivity index (χ1) is 8.44. The number of aromatic nitrogens is 1. The fourth-order valence-electron chi connectivity index (χ4n) is 1.33. The Morgan fingerprint density at radius 3 is 2.83 bits per heavy atom. The van der Waals surface area contributed by atoms with Gasteiger partial charge in [0.15, 0.2) is 0 Å². The van der Waals surface area contributed by atoms with Gasteiger partial charge in [-0.2, -0.15) is 0 Å². The van der Waals surface area contributed by atoms with E-state index in [4.69, 9.17) is 4.74 Å². The van der Waals surface area contributed by atoms with E-state index in [-0.39, 0.29) is 18.0 Å². The summed E-state index contributed by atoms with van der Waals surface area (Å²) in [6.07, 6.45) is 1.76. The Bertz CT molecular complexity index is 433. The molecule has 1 aromatic heterocycles. The Balaban J connectivity index is 2.50. The number of amides is 1. The molecule has 0 saturated heterocycles. The molecule has 6 nitrogen and oxygen atoms in total. The highest BCUT2D eigenvalue weighted by Crippen LogP contribution is 2.07. The average Bonchev–Trinajstić information content (AvgIpc) is 2.35. The molecule has 100 valence electrons. The van der Waals surface area contributed by atoms with Crippen molar-refractivity contribution in [2.24, 2.45) is 0 Å². The number of hydrogen-bond donors (Lipinski definition) is 3. The summed E-state index contributed by atoms with van der Waals surface area (Å²) in [5, 5.41) is 12.5. The molecule has 1 atom stereocenters. The van der Waals surface area contributed by atoms with Crippen LogP contribution in [0.1, 0.15) is 23.7 Å². The van der Waals surface area contributed by atoms with Crippen LogP contribution >= 0.6 is 0 Å². The van der Waals surface area contributed by atoms with Crippen molar-refractivity contribution < 1.29 is 14.6 Å². The molecule has 1 rings (SSSR count). The summed E-state index contributed by atoms with van der Waals surface area (Å²) in [4.78, 5) is 25.0. The fraction of sp³-hybridized carbons (Fsp3) is 0.500. The second-order valence-electron chi connectivity index (χ2n) is 4.36. The van der Waals surface area contributed by atoms with Crippen LogP contribution in [0.25, 0.3) is 0 Å². The molecule has 18 heavy (non-hydrogen) atoms. The van der Waals surface area contributed by atoms with E-state index in [0.29, 0.717) is 18.6 Å². The van der Waals surface area contributed by atoms with Gasteiger partial charge in [0.1, 0.15) is 0 Å². The summed E-state index contributed by atoms with van der Waals surface area (Å²) in [7, 11) is 1.55. The van der Waals surface area contributed by atoms with Gasteiger partial charge in [-0.15, -0.1) is 0 Å². The van der Waals surface area contributed by atoms with Crippen molar-refractivity contribution in [2.75, 3.05) is 20.3 Å². The first kappa shape index (κ1) is 14.4. The van der Waals surface area contributed by atoms with E-state index < -0.39 is 5.60 Å². The largest absolute Gasteiger partial charge is 0.388 e. The van der Waals surface area contributed by atoms with Crippen LogP contribution in [-0.2, 0) is 4.74 Å². The first-order valence-electron chi connectivity index (χ1n) is 5.63. The van der Waals surface area contributed by atoms with Crippen molar-refractivity contribution >= 4 is 5.91 Å². The number of carbonyl (C=O) groups excluding carboxylic acids is 1. The van der Waals surface area contributed by atoms with E-state index in [0.717, 1.165) is 0 Å². The molecule has 1 aromatic rings. The summed E-state index contributed by atoms with van der Waals surface area (Å²) in [5.41, 5.74) is -0.941. The Morgan fingerprint density at radius 2 is 2.28 bits per heavy atom. The number of methoxy groups -OCH3 is 1. The zero-order valence-corrected chi connectivity index (χ0v) is 10.5. The van der Waals surface area contributed by atoms with E-state index in [2.05, 4.69) is 10.3 Å². The average molecular weight is 254 g/mol. The van der Waals surface area contributed by atoms with Crippen LogP contribution in [0.3, 0.4) is 0 Å². The van der Waals surface area contributed by atoms with Gasteiger partial charge in [0.25, 0.3) is 5.91 Å². The minimum absolute atomic E-state index is 0.119. The maximum absolute atomic E-state index is 11.7. The van der Waals surface area contributed by atoms with E-state index in [1.807, 2.05) is 0 Å². The first-order valence-corrected chi connectivity index (χ1v) is 5.63. The monoisotopic (exact) mass is 254 g/mol. The zero-order valence-electron chi connectivity index (χ0n) is 10.5. The Hall–Kier alpha value is -1.66. The normalized spacial score (nSPS) is 13.9. The molecule has 0 radical (unpaired) electrons. The Morgan fingerprint density at radius 1 is 1.56 bits per heavy atom.